The van der Waals surface area contributed by atoms with Crippen molar-refractivity contribution >= 4 is 6.09 Å². The Labute approximate surface area is 140 Å². The van der Waals surface area contributed by atoms with E-state index in [2.05, 4.69) is 17.3 Å². The summed E-state index contributed by atoms with van der Waals surface area (Å²) in [5, 5.41) is 7.82. The SMILES string of the molecule is Cc1nn(C)cc1C(C)NCCN(C(=O)OC(C)(C)C)C(C)C. The molecule has 1 atom stereocenters. The van der Waals surface area contributed by atoms with Crippen molar-refractivity contribution in [2.24, 2.45) is 7.05 Å². The number of carbonyl (C=O) groups excluding carboxylic acids is 1. The predicted molar refractivity (Wildman–Crippen MR) is 92.4 cm³/mol. The molecule has 0 aliphatic carbocycles. The molecule has 6 heteroatoms. The molecule has 0 saturated carbocycles. The molecule has 6 nitrogen and oxygen atoms in total. The zero-order chi connectivity index (χ0) is 17.8. The maximum Gasteiger partial charge on any atom is 0.410 e. The van der Waals surface area contributed by atoms with Gasteiger partial charge in [0, 0.05) is 44.0 Å². The molecule has 1 aromatic rings. The number of nitrogens with zero attached hydrogens (tertiary/aromatic N) is 3. The maximum atomic E-state index is 12.3. The first kappa shape index (κ1) is 19.5. The van der Waals surface area contributed by atoms with Gasteiger partial charge in [-0.3, -0.25) is 4.68 Å². The van der Waals surface area contributed by atoms with Gasteiger partial charge in [0.25, 0.3) is 0 Å². The van der Waals surface area contributed by atoms with Gasteiger partial charge in [0.1, 0.15) is 5.60 Å². The summed E-state index contributed by atoms with van der Waals surface area (Å²) in [5.74, 6) is 0. The van der Waals surface area contributed by atoms with Crippen LogP contribution in [0.5, 0.6) is 0 Å². The molecule has 0 aliphatic rings. The second kappa shape index (κ2) is 7.81. The Morgan fingerprint density at radius 1 is 1.39 bits per heavy atom. The standard InChI is InChI=1S/C17H32N4O2/c1-12(2)21(16(22)23-17(5,6)7)10-9-18-13(3)15-11-20(8)19-14(15)4/h11-13,18H,9-10H2,1-8H3. The van der Waals surface area contributed by atoms with Crippen LogP contribution in [-0.2, 0) is 11.8 Å². The van der Waals surface area contributed by atoms with Gasteiger partial charge < -0.3 is 15.0 Å². The van der Waals surface area contributed by atoms with Gasteiger partial charge in [-0.15, -0.1) is 0 Å². The Hall–Kier alpha value is -1.56. The third-order valence-electron chi connectivity index (χ3n) is 3.57. The van der Waals surface area contributed by atoms with Crippen LogP contribution < -0.4 is 5.32 Å². The summed E-state index contributed by atoms with van der Waals surface area (Å²) >= 11 is 0. The van der Waals surface area contributed by atoms with Gasteiger partial charge in [-0.1, -0.05) is 0 Å². The highest BCUT2D eigenvalue weighted by Gasteiger charge is 2.24. The minimum atomic E-state index is -0.474. The van der Waals surface area contributed by atoms with Crippen molar-refractivity contribution in [1.29, 1.82) is 0 Å². The molecule has 1 amide bonds. The molecule has 1 N–H and O–H groups in total. The van der Waals surface area contributed by atoms with Gasteiger partial charge in [-0.2, -0.15) is 5.10 Å². The Morgan fingerprint density at radius 3 is 2.43 bits per heavy atom. The predicted octanol–water partition coefficient (Wildman–Crippen LogP) is 3.02. The smallest absolute Gasteiger partial charge is 0.410 e. The van der Waals surface area contributed by atoms with E-state index >= 15 is 0 Å². The first-order valence-electron chi connectivity index (χ1n) is 8.24. The molecule has 23 heavy (non-hydrogen) atoms. The fourth-order valence-electron chi connectivity index (χ4n) is 2.44. The van der Waals surface area contributed by atoms with Crippen LogP contribution in [0, 0.1) is 6.92 Å². The molecule has 0 bridgehead atoms. The molecule has 1 rings (SSSR count). The van der Waals surface area contributed by atoms with Crippen molar-refractivity contribution < 1.29 is 9.53 Å². The summed E-state index contributed by atoms with van der Waals surface area (Å²) in [4.78, 5) is 14.0. The van der Waals surface area contributed by atoms with Crippen LogP contribution in [0.3, 0.4) is 0 Å². The summed E-state index contributed by atoms with van der Waals surface area (Å²) in [5.41, 5.74) is 1.74. The largest absolute Gasteiger partial charge is 0.444 e. The van der Waals surface area contributed by atoms with Crippen LogP contribution in [0.1, 0.15) is 58.8 Å². The van der Waals surface area contributed by atoms with Gasteiger partial charge >= 0.3 is 6.09 Å². The van der Waals surface area contributed by atoms with Crippen molar-refractivity contribution in [3.8, 4) is 0 Å². The van der Waals surface area contributed by atoms with Gasteiger partial charge in [-0.25, -0.2) is 4.79 Å². The highest BCUT2D eigenvalue weighted by atomic mass is 16.6. The molecule has 0 radical (unpaired) electrons. The number of rotatable bonds is 6. The number of ether oxygens (including phenoxy) is 1. The van der Waals surface area contributed by atoms with Crippen LogP contribution in [-0.4, -0.2) is 45.5 Å². The van der Waals surface area contributed by atoms with Crippen molar-refractivity contribution in [3.05, 3.63) is 17.5 Å². The Bertz CT molecular complexity index is 517. The molecule has 0 aliphatic heterocycles. The third-order valence-corrected chi connectivity index (χ3v) is 3.57. The van der Waals surface area contributed by atoms with Crippen LogP contribution in [0.4, 0.5) is 4.79 Å². The van der Waals surface area contributed by atoms with Crippen LogP contribution in [0.15, 0.2) is 6.20 Å². The number of nitrogens with one attached hydrogen (secondary N) is 1. The molecule has 1 unspecified atom stereocenters. The lowest BCUT2D eigenvalue weighted by molar-refractivity contribution is 0.0192. The summed E-state index contributed by atoms with van der Waals surface area (Å²) in [6.07, 6.45) is 1.76. The van der Waals surface area contributed by atoms with Crippen molar-refractivity contribution in [3.63, 3.8) is 0 Å². The number of aromatic nitrogens is 2. The highest BCUT2D eigenvalue weighted by molar-refractivity contribution is 5.68. The van der Waals surface area contributed by atoms with Crippen LogP contribution in [0.2, 0.25) is 0 Å². The lowest BCUT2D eigenvalue weighted by atomic mass is 10.1. The fraction of sp³-hybridized carbons (Fsp3) is 0.765. The Morgan fingerprint density at radius 2 is 2.00 bits per heavy atom. The molecule has 1 aromatic heterocycles. The zero-order valence-corrected chi connectivity index (χ0v) is 15.8. The first-order valence-corrected chi connectivity index (χ1v) is 8.24. The van der Waals surface area contributed by atoms with E-state index in [0.717, 1.165) is 5.69 Å². The van der Waals surface area contributed by atoms with E-state index in [-0.39, 0.29) is 18.2 Å². The lowest BCUT2D eigenvalue weighted by Crippen LogP contribution is -2.44. The average molecular weight is 324 g/mol. The van der Waals surface area contributed by atoms with Gasteiger partial charge in [-0.05, 0) is 48.5 Å². The van der Waals surface area contributed by atoms with Crippen molar-refractivity contribution in [2.45, 2.75) is 66.2 Å². The Balaban J connectivity index is 2.56. The molecular formula is C17H32N4O2. The summed E-state index contributed by atoms with van der Waals surface area (Å²) in [7, 11) is 1.92. The fourth-order valence-corrected chi connectivity index (χ4v) is 2.44. The number of carbonyl (C=O) groups is 1. The normalized spacial score (nSPS) is 13.3. The monoisotopic (exact) mass is 324 g/mol. The molecule has 1 heterocycles. The van der Waals surface area contributed by atoms with E-state index in [1.54, 1.807) is 4.90 Å². The van der Waals surface area contributed by atoms with E-state index < -0.39 is 5.60 Å². The van der Waals surface area contributed by atoms with Gasteiger partial charge in [0.05, 0.1) is 5.69 Å². The zero-order valence-electron chi connectivity index (χ0n) is 15.8. The summed E-state index contributed by atoms with van der Waals surface area (Å²) < 4.78 is 7.30. The number of hydrogen-bond donors (Lipinski definition) is 1. The van der Waals surface area contributed by atoms with Crippen LogP contribution in [0.25, 0.3) is 0 Å². The molecule has 0 fully saturated rings. The van der Waals surface area contributed by atoms with E-state index in [9.17, 15) is 4.79 Å². The molecule has 0 saturated heterocycles. The van der Waals surface area contributed by atoms with Gasteiger partial charge in [0.15, 0.2) is 0 Å². The van der Waals surface area contributed by atoms with Gasteiger partial charge in [0.2, 0.25) is 0 Å². The molecule has 0 spiro atoms. The minimum absolute atomic E-state index is 0.0992. The Kier molecular flexibility index (Phi) is 6.62. The van der Waals surface area contributed by atoms with Crippen LogP contribution >= 0.6 is 0 Å². The number of amides is 1. The summed E-state index contributed by atoms with van der Waals surface area (Å²) in [6.45, 7) is 15.1. The molecule has 0 aromatic carbocycles. The molecular weight excluding hydrogens is 292 g/mol. The van der Waals surface area contributed by atoms with E-state index in [1.807, 2.05) is 59.5 Å². The van der Waals surface area contributed by atoms with Crippen molar-refractivity contribution in [1.82, 2.24) is 20.0 Å². The van der Waals surface area contributed by atoms with E-state index in [1.165, 1.54) is 5.56 Å². The molecule has 132 valence electrons. The first-order chi connectivity index (χ1) is 10.5. The number of hydrogen-bond acceptors (Lipinski definition) is 4. The second-order valence-electron chi connectivity index (χ2n) is 7.29. The highest BCUT2D eigenvalue weighted by Crippen LogP contribution is 2.15. The van der Waals surface area contributed by atoms with E-state index in [4.69, 9.17) is 4.74 Å². The number of aryl methyl sites for hydroxylation is 2. The van der Waals surface area contributed by atoms with E-state index in [0.29, 0.717) is 13.1 Å². The quantitative estimate of drug-likeness (QED) is 0.874. The average Bonchev–Trinajstić information content (AvgIpc) is 2.70. The third kappa shape index (κ3) is 6.22. The topological polar surface area (TPSA) is 59.4 Å². The second-order valence-corrected chi connectivity index (χ2v) is 7.29. The van der Waals surface area contributed by atoms with Crippen molar-refractivity contribution in [2.75, 3.05) is 13.1 Å². The lowest BCUT2D eigenvalue weighted by Gasteiger charge is -2.30. The summed E-state index contributed by atoms with van der Waals surface area (Å²) in [6, 6.07) is 0.290. The maximum absolute atomic E-state index is 12.3. The minimum Gasteiger partial charge on any atom is -0.444 e.